The molecule has 4 aromatic carbocycles. The third-order valence-electron chi connectivity index (χ3n) is 7.92. The molecule has 4 aromatic rings. The van der Waals surface area contributed by atoms with Crippen LogP contribution in [0, 0.1) is 55.4 Å². The van der Waals surface area contributed by atoms with Crippen LogP contribution in [0.4, 0.5) is 26.3 Å². The number of halogens is 6. The van der Waals surface area contributed by atoms with Gasteiger partial charge in [-0.2, -0.15) is 26.3 Å². The Labute approximate surface area is 244 Å². The second-order valence-electron chi connectivity index (χ2n) is 10.9. The molecule has 1 nitrogen and oxygen atoms in total. The van der Waals surface area contributed by atoms with Gasteiger partial charge in [0.25, 0.3) is 0 Å². The molecule has 0 amide bonds. The van der Waals surface area contributed by atoms with Crippen LogP contribution in [-0.4, -0.2) is 12.4 Å². The monoisotopic (exact) mass is 586 g/mol. The molecule has 0 unspecified atom stereocenters. The SMILES string of the molecule is Cc1ccc(C(c2ccc(C)c(C)c2)(C(F)(F)F)C(F)(F)F)cc1C.Cc1ccc(Oc2ccc(C)c(C)c2)cc1C. The Morgan fingerprint density at radius 2 is 0.667 bits per heavy atom. The van der Waals surface area contributed by atoms with Crippen molar-refractivity contribution in [3.63, 3.8) is 0 Å². The molecule has 0 aliphatic heterocycles. The molecule has 0 spiro atoms. The molecule has 0 radical (unpaired) electrons. The molecule has 0 saturated carbocycles. The van der Waals surface area contributed by atoms with Gasteiger partial charge in [0.15, 0.2) is 0 Å². The maximum absolute atomic E-state index is 14.0. The van der Waals surface area contributed by atoms with E-state index in [0.717, 1.165) is 35.8 Å². The third-order valence-corrected chi connectivity index (χ3v) is 7.92. The van der Waals surface area contributed by atoms with E-state index in [2.05, 4.69) is 52.0 Å². The van der Waals surface area contributed by atoms with Crippen LogP contribution in [0.25, 0.3) is 0 Å². The highest BCUT2D eigenvalue weighted by molar-refractivity contribution is 5.48. The standard InChI is InChI=1S/C19H18F6.C16H18O/c1-11-5-7-15(9-13(11)3)17(18(20,21)22,19(23,24)25)16-8-6-12(2)14(4)10-16;1-11-5-7-15(9-13(11)3)17-16-8-6-12(2)14(4)10-16/h5-10H,1-4H3;5-10H,1-4H3. The summed E-state index contributed by atoms with van der Waals surface area (Å²) in [5, 5.41) is 0. The summed E-state index contributed by atoms with van der Waals surface area (Å²) in [5.74, 6) is 1.80. The van der Waals surface area contributed by atoms with E-state index in [-0.39, 0.29) is 0 Å². The minimum atomic E-state index is -5.55. The molecule has 0 bridgehead atoms. The largest absolute Gasteiger partial charge is 0.457 e. The minimum Gasteiger partial charge on any atom is -0.457 e. The molecule has 224 valence electrons. The first-order valence-corrected chi connectivity index (χ1v) is 13.5. The van der Waals surface area contributed by atoms with E-state index in [9.17, 15) is 26.3 Å². The van der Waals surface area contributed by atoms with Crippen LogP contribution in [-0.2, 0) is 5.41 Å². The average Bonchev–Trinajstić information content (AvgIpc) is 2.87. The molecule has 7 heteroatoms. The molecule has 0 N–H and O–H groups in total. The molecule has 0 aliphatic rings. The molecular formula is C35H36F6O. The highest BCUT2D eigenvalue weighted by atomic mass is 19.4. The zero-order valence-corrected chi connectivity index (χ0v) is 25.1. The summed E-state index contributed by atoms with van der Waals surface area (Å²) in [6.45, 7) is 14.7. The third kappa shape index (κ3) is 6.66. The van der Waals surface area contributed by atoms with Gasteiger partial charge < -0.3 is 4.74 Å². The van der Waals surface area contributed by atoms with Crippen molar-refractivity contribution in [2.45, 2.75) is 73.2 Å². The lowest BCUT2D eigenvalue weighted by atomic mass is 9.71. The summed E-state index contributed by atoms with van der Waals surface area (Å²) in [4.78, 5) is 0. The molecule has 0 heterocycles. The van der Waals surface area contributed by atoms with E-state index in [1.807, 2.05) is 12.1 Å². The van der Waals surface area contributed by atoms with Crippen molar-refractivity contribution in [2.75, 3.05) is 0 Å². The Bertz CT molecular complexity index is 1450. The number of hydrogen-bond acceptors (Lipinski definition) is 1. The van der Waals surface area contributed by atoms with Gasteiger partial charge in [0.2, 0.25) is 5.41 Å². The molecule has 0 saturated heterocycles. The van der Waals surface area contributed by atoms with Gasteiger partial charge in [-0.05, 0) is 135 Å². The molecule has 42 heavy (non-hydrogen) atoms. The van der Waals surface area contributed by atoms with Crippen molar-refractivity contribution in [2.24, 2.45) is 0 Å². The Hall–Kier alpha value is -3.74. The van der Waals surface area contributed by atoms with Gasteiger partial charge in [0, 0.05) is 0 Å². The Balaban J connectivity index is 0.000000247. The fourth-order valence-electron chi connectivity index (χ4n) is 4.62. The normalized spacial score (nSPS) is 12.0. The van der Waals surface area contributed by atoms with Gasteiger partial charge in [-0.3, -0.25) is 0 Å². The lowest BCUT2D eigenvalue weighted by Gasteiger charge is -2.38. The van der Waals surface area contributed by atoms with Crippen LogP contribution in [0.2, 0.25) is 0 Å². The fourth-order valence-corrected chi connectivity index (χ4v) is 4.62. The Morgan fingerprint density at radius 1 is 0.381 bits per heavy atom. The smallest absolute Gasteiger partial charge is 0.411 e. The second-order valence-corrected chi connectivity index (χ2v) is 10.9. The lowest BCUT2D eigenvalue weighted by Crippen LogP contribution is -2.54. The van der Waals surface area contributed by atoms with Crippen LogP contribution in [0.3, 0.4) is 0 Å². The van der Waals surface area contributed by atoms with Crippen molar-refractivity contribution in [3.8, 4) is 11.5 Å². The van der Waals surface area contributed by atoms with Crippen LogP contribution < -0.4 is 4.74 Å². The van der Waals surface area contributed by atoms with E-state index < -0.39 is 28.9 Å². The maximum Gasteiger partial charge on any atom is 0.411 e. The summed E-state index contributed by atoms with van der Waals surface area (Å²) >= 11 is 0. The Morgan fingerprint density at radius 3 is 0.929 bits per heavy atom. The van der Waals surface area contributed by atoms with Crippen molar-refractivity contribution in [1.82, 2.24) is 0 Å². The quantitative estimate of drug-likeness (QED) is 0.216. The van der Waals surface area contributed by atoms with Gasteiger partial charge >= 0.3 is 12.4 Å². The molecule has 0 aromatic heterocycles. The first-order chi connectivity index (χ1) is 19.4. The van der Waals surface area contributed by atoms with Gasteiger partial charge in [-0.1, -0.05) is 48.5 Å². The highest BCUT2D eigenvalue weighted by Gasteiger charge is 2.72. The first-order valence-electron chi connectivity index (χ1n) is 13.5. The van der Waals surface area contributed by atoms with Crippen LogP contribution >= 0.6 is 0 Å². The van der Waals surface area contributed by atoms with E-state index >= 15 is 0 Å². The van der Waals surface area contributed by atoms with Crippen molar-refractivity contribution in [1.29, 1.82) is 0 Å². The van der Waals surface area contributed by atoms with Crippen molar-refractivity contribution >= 4 is 0 Å². The number of aryl methyl sites for hydroxylation is 8. The van der Waals surface area contributed by atoms with Gasteiger partial charge in [-0.15, -0.1) is 0 Å². The van der Waals surface area contributed by atoms with E-state index in [1.165, 1.54) is 48.2 Å². The van der Waals surface area contributed by atoms with Crippen LogP contribution in [0.15, 0.2) is 72.8 Å². The number of alkyl halides is 6. The topological polar surface area (TPSA) is 9.23 Å². The number of benzene rings is 4. The maximum atomic E-state index is 14.0. The van der Waals surface area contributed by atoms with Gasteiger partial charge in [0.1, 0.15) is 11.5 Å². The van der Waals surface area contributed by atoms with Crippen molar-refractivity contribution < 1.29 is 31.1 Å². The zero-order chi connectivity index (χ0) is 31.6. The fraction of sp³-hybridized carbons (Fsp3) is 0.314. The highest BCUT2D eigenvalue weighted by Crippen LogP contribution is 2.56. The molecule has 4 rings (SSSR count). The average molecular weight is 587 g/mol. The molecule has 0 fully saturated rings. The van der Waals surface area contributed by atoms with Gasteiger partial charge in [0.05, 0.1) is 0 Å². The zero-order valence-electron chi connectivity index (χ0n) is 25.1. The van der Waals surface area contributed by atoms with E-state index in [0.29, 0.717) is 22.3 Å². The summed E-state index contributed by atoms with van der Waals surface area (Å²) < 4.78 is 89.8. The molecule has 0 aliphatic carbocycles. The van der Waals surface area contributed by atoms with Crippen LogP contribution in [0.1, 0.15) is 55.6 Å². The summed E-state index contributed by atoms with van der Waals surface area (Å²) in [6, 6.07) is 18.7. The number of rotatable bonds is 4. The Kier molecular flexibility index (Phi) is 9.55. The predicted octanol–water partition coefficient (Wildman–Crippen LogP) is 11.0. The summed E-state index contributed by atoms with van der Waals surface area (Å²) in [5.41, 5.74) is 1.38. The molecule has 0 atom stereocenters. The lowest BCUT2D eigenvalue weighted by molar-refractivity contribution is -0.288. The first kappa shape index (κ1) is 32.8. The molecular weight excluding hydrogens is 550 g/mol. The van der Waals surface area contributed by atoms with Crippen molar-refractivity contribution in [3.05, 3.63) is 128 Å². The van der Waals surface area contributed by atoms with Crippen LogP contribution in [0.5, 0.6) is 11.5 Å². The number of hydrogen-bond donors (Lipinski definition) is 0. The van der Waals surface area contributed by atoms with E-state index in [1.54, 1.807) is 13.8 Å². The number of ether oxygens (including phenoxy) is 1. The summed E-state index contributed by atoms with van der Waals surface area (Å²) in [6.07, 6.45) is -11.1. The second kappa shape index (κ2) is 12.2. The predicted molar refractivity (Wildman–Crippen MR) is 157 cm³/mol. The van der Waals surface area contributed by atoms with E-state index in [4.69, 9.17) is 4.74 Å². The summed E-state index contributed by atoms with van der Waals surface area (Å²) in [7, 11) is 0. The minimum absolute atomic E-state index is 0.374. The van der Waals surface area contributed by atoms with Gasteiger partial charge in [-0.25, -0.2) is 0 Å².